The molecule has 0 spiro atoms. The molecule has 1 fully saturated rings. The molecule has 0 aromatic heterocycles. The molecule has 0 aromatic carbocycles. The number of nitrogens with two attached hydrogens (primary N) is 1. The minimum absolute atomic E-state index is 0.298. The van der Waals surface area contributed by atoms with Gasteiger partial charge in [0.1, 0.15) is 6.04 Å². The Hall–Kier alpha value is -0.220. The first-order valence-electron chi connectivity index (χ1n) is 5.15. The highest BCUT2D eigenvalue weighted by Gasteiger charge is 2.20. The summed E-state index contributed by atoms with van der Waals surface area (Å²) < 4.78 is 4.54. The van der Waals surface area contributed by atoms with Crippen LogP contribution in [-0.2, 0) is 9.53 Å². The van der Waals surface area contributed by atoms with Crippen molar-refractivity contribution in [1.82, 2.24) is 0 Å². The Bertz CT molecular complexity index is 183. The summed E-state index contributed by atoms with van der Waals surface area (Å²) in [5.74, 6) is 2.87. The third-order valence-corrected chi connectivity index (χ3v) is 3.49. The van der Waals surface area contributed by atoms with E-state index < -0.39 is 6.04 Å². The summed E-state index contributed by atoms with van der Waals surface area (Å²) in [5, 5.41) is 0. The monoisotopic (exact) mass is 217 g/mol. The van der Waals surface area contributed by atoms with Crippen molar-refractivity contribution in [2.45, 2.75) is 31.7 Å². The van der Waals surface area contributed by atoms with Crippen LogP contribution < -0.4 is 5.73 Å². The van der Waals surface area contributed by atoms with E-state index in [-0.39, 0.29) is 5.97 Å². The number of rotatable bonds is 7. The largest absolute Gasteiger partial charge is 0.468 e. The normalized spacial score (nSPS) is 17.9. The summed E-state index contributed by atoms with van der Waals surface area (Å²) in [6.45, 7) is 0. The Morgan fingerprint density at radius 1 is 1.57 bits per heavy atom. The molecule has 82 valence electrons. The fourth-order valence-electron chi connectivity index (χ4n) is 1.24. The minimum Gasteiger partial charge on any atom is -0.468 e. The van der Waals surface area contributed by atoms with Gasteiger partial charge in [-0.15, -0.1) is 0 Å². The maximum Gasteiger partial charge on any atom is 0.322 e. The number of methoxy groups -OCH3 is 1. The number of esters is 1. The van der Waals surface area contributed by atoms with Gasteiger partial charge in [-0.25, -0.2) is 0 Å². The van der Waals surface area contributed by atoms with Crippen molar-refractivity contribution in [3.05, 3.63) is 0 Å². The second-order valence-corrected chi connectivity index (χ2v) is 4.99. The molecule has 1 aliphatic rings. The van der Waals surface area contributed by atoms with Crippen LogP contribution in [0, 0.1) is 5.92 Å². The van der Waals surface area contributed by atoms with Gasteiger partial charge in [0.25, 0.3) is 0 Å². The van der Waals surface area contributed by atoms with E-state index in [9.17, 15) is 4.79 Å². The zero-order chi connectivity index (χ0) is 10.4. The zero-order valence-corrected chi connectivity index (χ0v) is 9.52. The van der Waals surface area contributed by atoms with Crippen molar-refractivity contribution in [1.29, 1.82) is 0 Å². The molecule has 0 aliphatic heterocycles. The van der Waals surface area contributed by atoms with E-state index in [1.54, 1.807) is 0 Å². The van der Waals surface area contributed by atoms with Gasteiger partial charge in [-0.3, -0.25) is 4.79 Å². The highest BCUT2D eigenvalue weighted by molar-refractivity contribution is 7.99. The molecule has 2 N–H and O–H groups in total. The van der Waals surface area contributed by atoms with Crippen molar-refractivity contribution in [3.63, 3.8) is 0 Å². The highest BCUT2D eigenvalue weighted by Crippen LogP contribution is 2.33. The Balaban J connectivity index is 1.88. The van der Waals surface area contributed by atoms with E-state index in [0.717, 1.165) is 18.1 Å². The predicted molar refractivity (Wildman–Crippen MR) is 59.3 cm³/mol. The Labute approximate surface area is 89.8 Å². The minimum atomic E-state index is -0.437. The van der Waals surface area contributed by atoms with Gasteiger partial charge < -0.3 is 10.5 Å². The van der Waals surface area contributed by atoms with Crippen LogP contribution in [0.4, 0.5) is 0 Å². The van der Waals surface area contributed by atoms with Crippen molar-refractivity contribution >= 4 is 17.7 Å². The van der Waals surface area contributed by atoms with Crippen LogP contribution in [0.15, 0.2) is 0 Å². The third-order valence-electron chi connectivity index (χ3n) is 2.44. The number of ether oxygens (including phenoxy) is 1. The first-order chi connectivity index (χ1) is 6.74. The van der Waals surface area contributed by atoms with Gasteiger partial charge >= 0.3 is 5.97 Å². The molecular formula is C10H19NO2S. The van der Waals surface area contributed by atoms with Gasteiger partial charge in [0.2, 0.25) is 0 Å². The molecule has 1 atom stereocenters. The molecule has 0 heterocycles. The fourth-order valence-corrected chi connectivity index (χ4v) is 2.36. The highest BCUT2D eigenvalue weighted by atomic mass is 32.2. The second-order valence-electron chi connectivity index (χ2n) is 3.76. The lowest BCUT2D eigenvalue weighted by Crippen LogP contribution is -2.32. The van der Waals surface area contributed by atoms with E-state index in [4.69, 9.17) is 5.73 Å². The fraction of sp³-hybridized carbons (Fsp3) is 0.900. The summed E-state index contributed by atoms with van der Waals surface area (Å²) in [7, 11) is 1.38. The van der Waals surface area contributed by atoms with Gasteiger partial charge in [0.15, 0.2) is 0 Å². The number of thioether (sulfide) groups is 1. The number of hydrogen-bond donors (Lipinski definition) is 1. The lowest BCUT2D eigenvalue weighted by Gasteiger charge is -2.08. The molecule has 14 heavy (non-hydrogen) atoms. The first-order valence-corrected chi connectivity index (χ1v) is 6.30. The van der Waals surface area contributed by atoms with Crippen LogP contribution in [0.5, 0.6) is 0 Å². The standard InChI is InChI=1S/C10H19NO2S/c1-13-10(12)9(11)5-7-14-6-4-8-2-3-8/h8-9H,2-7,11H2,1H3. The quantitative estimate of drug-likeness (QED) is 0.517. The van der Waals surface area contributed by atoms with Crippen LogP contribution in [0.2, 0.25) is 0 Å². The van der Waals surface area contributed by atoms with E-state index in [1.807, 2.05) is 11.8 Å². The molecular weight excluding hydrogens is 198 g/mol. The number of carbonyl (C=O) groups is 1. The lowest BCUT2D eigenvalue weighted by atomic mass is 10.2. The van der Waals surface area contributed by atoms with Gasteiger partial charge in [-0.05, 0) is 30.3 Å². The maximum atomic E-state index is 10.9. The summed E-state index contributed by atoms with van der Waals surface area (Å²) >= 11 is 1.89. The van der Waals surface area contributed by atoms with Gasteiger partial charge in [0, 0.05) is 0 Å². The number of hydrogen-bond acceptors (Lipinski definition) is 4. The van der Waals surface area contributed by atoms with E-state index in [2.05, 4.69) is 4.74 Å². The van der Waals surface area contributed by atoms with Crippen LogP contribution in [-0.4, -0.2) is 30.6 Å². The SMILES string of the molecule is COC(=O)C(N)CCSCCC1CC1. The van der Waals surface area contributed by atoms with Crippen molar-refractivity contribution < 1.29 is 9.53 Å². The van der Waals surface area contributed by atoms with Crippen molar-refractivity contribution in [3.8, 4) is 0 Å². The first kappa shape index (κ1) is 11.9. The molecule has 1 rings (SSSR count). The summed E-state index contributed by atoms with van der Waals surface area (Å²) in [4.78, 5) is 10.9. The average Bonchev–Trinajstić information content (AvgIpc) is 2.99. The molecule has 1 aliphatic carbocycles. The van der Waals surface area contributed by atoms with Gasteiger partial charge in [0.05, 0.1) is 7.11 Å². The molecule has 1 unspecified atom stereocenters. The smallest absolute Gasteiger partial charge is 0.322 e. The Morgan fingerprint density at radius 2 is 2.29 bits per heavy atom. The molecule has 1 saturated carbocycles. The van der Waals surface area contributed by atoms with E-state index in [0.29, 0.717) is 0 Å². The maximum absolute atomic E-state index is 10.9. The molecule has 3 nitrogen and oxygen atoms in total. The summed E-state index contributed by atoms with van der Waals surface area (Å²) in [6, 6.07) is -0.437. The average molecular weight is 217 g/mol. The van der Waals surface area contributed by atoms with E-state index in [1.165, 1.54) is 32.1 Å². The molecule has 0 radical (unpaired) electrons. The number of carbonyl (C=O) groups excluding carboxylic acids is 1. The Kier molecular flexibility index (Phi) is 5.33. The van der Waals surface area contributed by atoms with Crippen LogP contribution >= 0.6 is 11.8 Å². The Morgan fingerprint density at radius 3 is 2.86 bits per heavy atom. The predicted octanol–water partition coefficient (Wildman–Crippen LogP) is 1.41. The third kappa shape index (κ3) is 4.86. The molecule has 4 heteroatoms. The topological polar surface area (TPSA) is 52.3 Å². The van der Waals surface area contributed by atoms with Crippen molar-refractivity contribution in [2.75, 3.05) is 18.6 Å². The van der Waals surface area contributed by atoms with Crippen LogP contribution in [0.3, 0.4) is 0 Å². The summed E-state index contributed by atoms with van der Waals surface area (Å²) in [5.41, 5.74) is 5.59. The van der Waals surface area contributed by atoms with Gasteiger partial charge in [-0.2, -0.15) is 11.8 Å². The zero-order valence-electron chi connectivity index (χ0n) is 8.70. The second kappa shape index (κ2) is 6.30. The van der Waals surface area contributed by atoms with E-state index >= 15 is 0 Å². The molecule has 0 saturated heterocycles. The van der Waals surface area contributed by atoms with Crippen LogP contribution in [0.1, 0.15) is 25.7 Å². The molecule has 0 bridgehead atoms. The summed E-state index contributed by atoms with van der Waals surface area (Å²) in [6.07, 6.45) is 4.89. The van der Waals surface area contributed by atoms with Gasteiger partial charge in [-0.1, -0.05) is 12.8 Å². The molecule has 0 aromatic rings. The lowest BCUT2D eigenvalue weighted by molar-refractivity contribution is -0.142. The van der Waals surface area contributed by atoms with Crippen LogP contribution in [0.25, 0.3) is 0 Å². The van der Waals surface area contributed by atoms with Crippen molar-refractivity contribution in [2.24, 2.45) is 11.7 Å². The molecule has 0 amide bonds.